The van der Waals surface area contributed by atoms with Gasteiger partial charge in [0.1, 0.15) is 11.6 Å². The number of hydrogen-bond acceptors (Lipinski definition) is 6. The van der Waals surface area contributed by atoms with Gasteiger partial charge in [-0.15, -0.1) is 0 Å². The smallest absolute Gasteiger partial charge is 0.407 e. The number of benzene rings is 1. The average molecular weight is 449 g/mol. The number of nitrogens with zero attached hydrogens (tertiary/aromatic N) is 1. The molecule has 0 spiro atoms. The van der Waals surface area contributed by atoms with Gasteiger partial charge in [0.25, 0.3) is 11.8 Å². The van der Waals surface area contributed by atoms with Crippen LogP contribution in [-0.4, -0.2) is 79.8 Å². The molecule has 2 rings (SSSR count). The van der Waals surface area contributed by atoms with Crippen molar-refractivity contribution in [2.45, 2.75) is 51.0 Å². The molecule has 1 aromatic rings. The van der Waals surface area contributed by atoms with Gasteiger partial charge in [0.15, 0.2) is 12.2 Å². The van der Waals surface area contributed by atoms with Crippen LogP contribution in [0.1, 0.15) is 26.3 Å². The van der Waals surface area contributed by atoms with E-state index in [0.717, 1.165) is 5.56 Å². The van der Waals surface area contributed by atoms with Crippen molar-refractivity contribution in [3.8, 4) is 0 Å². The molecule has 4 amide bonds. The molecule has 2 unspecified atom stereocenters. The largest absolute Gasteiger partial charge is 0.444 e. The number of rotatable bonds is 9. The standard InChI is InChI=1S/C22H32N4O6/c1-22(2,3)32-21(30)24-12-11-23-18(27)16-17(31-16)19(28)25-15(20(29)26(4)5)13-14-9-7-6-8-10-14/h6-10,15-17H,11-13H2,1-5H3,(H,23,27)(H,24,30)(H,25,28)/t15-,16?,17?/m0/s1. The maximum absolute atomic E-state index is 12.5. The summed E-state index contributed by atoms with van der Waals surface area (Å²) in [4.78, 5) is 50.2. The van der Waals surface area contributed by atoms with Gasteiger partial charge in [-0.3, -0.25) is 14.4 Å². The van der Waals surface area contributed by atoms with Crippen LogP contribution in [-0.2, 0) is 30.3 Å². The highest BCUT2D eigenvalue weighted by Gasteiger charge is 2.50. The van der Waals surface area contributed by atoms with Crippen LogP contribution in [0.4, 0.5) is 4.79 Å². The minimum absolute atomic E-state index is 0.155. The van der Waals surface area contributed by atoms with Crippen LogP contribution in [0.15, 0.2) is 30.3 Å². The Morgan fingerprint density at radius 1 is 1.00 bits per heavy atom. The lowest BCUT2D eigenvalue weighted by atomic mass is 10.0. The highest BCUT2D eigenvalue weighted by atomic mass is 16.6. The Hall–Kier alpha value is -3.14. The summed E-state index contributed by atoms with van der Waals surface area (Å²) in [6.07, 6.45) is -2.14. The maximum Gasteiger partial charge on any atom is 0.407 e. The first-order valence-corrected chi connectivity index (χ1v) is 10.4. The SMILES string of the molecule is CN(C)C(=O)[C@H](Cc1ccccc1)NC(=O)C1OC1C(=O)NCCNC(=O)OC(C)(C)C. The molecule has 1 aliphatic rings. The molecule has 1 fully saturated rings. The fourth-order valence-corrected chi connectivity index (χ4v) is 2.89. The molecule has 0 radical (unpaired) electrons. The fourth-order valence-electron chi connectivity index (χ4n) is 2.89. The Bertz CT molecular complexity index is 821. The van der Waals surface area contributed by atoms with Gasteiger partial charge in [-0.05, 0) is 26.3 Å². The topological polar surface area (TPSA) is 129 Å². The number of alkyl carbamates (subject to hydrolysis) is 1. The predicted octanol–water partition coefficient (Wildman–Crippen LogP) is 0.210. The van der Waals surface area contributed by atoms with E-state index in [-0.39, 0.29) is 19.0 Å². The van der Waals surface area contributed by atoms with E-state index in [2.05, 4.69) is 16.0 Å². The third-order valence-electron chi connectivity index (χ3n) is 4.44. The first-order valence-electron chi connectivity index (χ1n) is 10.4. The summed E-state index contributed by atoms with van der Waals surface area (Å²) in [6, 6.07) is 8.56. The van der Waals surface area contributed by atoms with Crippen molar-refractivity contribution in [3.63, 3.8) is 0 Å². The van der Waals surface area contributed by atoms with E-state index in [9.17, 15) is 19.2 Å². The molecule has 176 valence electrons. The van der Waals surface area contributed by atoms with Crippen LogP contribution in [0, 0.1) is 0 Å². The minimum atomic E-state index is -0.956. The number of ether oxygens (including phenoxy) is 2. The third kappa shape index (κ3) is 8.18. The molecule has 0 bridgehead atoms. The summed E-state index contributed by atoms with van der Waals surface area (Å²) in [5.74, 6) is -1.24. The van der Waals surface area contributed by atoms with Crippen LogP contribution in [0.25, 0.3) is 0 Å². The van der Waals surface area contributed by atoms with Gasteiger partial charge in [-0.1, -0.05) is 30.3 Å². The molecule has 1 aliphatic heterocycles. The van der Waals surface area contributed by atoms with E-state index < -0.39 is 41.8 Å². The summed E-state index contributed by atoms with van der Waals surface area (Å²) in [5.41, 5.74) is 0.291. The van der Waals surface area contributed by atoms with E-state index in [1.54, 1.807) is 34.9 Å². The molecule has 0 saturated carbocycles. The van der Waals surface area contributed by atoms with Gasteiger partial charge >= 0.3 is 6.09 Å². The third-order valence-corrected chi connectivity index (χ3v) is 4.44. The quantitative estimate of drug-likeness (QED) is 0.366. The van der Waals surface area contributed by atoms with Crippen LogP contribution in [0.3, 0.4) is 0 Å². The summed E-state index contributed by atoms with van der Waals surface area (Å²) in [7, 11) is 3.23. The lowest BCUT2D eigenvalue weighted by Gasteiger charge is -2.21. The van der Waals surface area contributed by atoms with Crippen molar-refractivity contribution in [1.82, 2.24) is 20.9 Å². The number of carbonyl (C=O) groups excluding carboxylic acids is 4. The van der Waals surface area contributed by atoms with E-state index in [4.69, 9.17) is 9.47 Å². The molecule has 10 nitrogen and oxygen atoms in total. The number of hydrogen-bond donors (Lipinski definition) is 3. The zero-order valence-corrected chi connectivity index (χ0v) is 19.1. The second-order valence-electron chi connectivity index (χ2n) is 8.68. The first-order chi connectivity index (χ1) is 15.0. The summed E-state index contributed by atoms with van der Waals surface area (Å²) in [6.45, 7) is 5.57. The van der Waals surface area contributed by atoms with Crippen molar-refractivity contribution >= 4 is 23.8 Å². The molecule has 0 aromatic heterocycles. The molecule has 1 aromatic carbocycles. The summed E-state index contributed by atoms with van der Waals surface area (Å²) in [5, 5.41) is 7.80. The normalized spacial score (nSPS) is 18.2. The molecule has 1 heterocycles. The van der Waals surface area contributed by atoms with Crippen molar-refractivity contribution in [3.05, 3.63) is 35.9 Å². The van der Waals surface area contributed by atoms with Gasteiger partial charge in [0.05, 0.1) is 0 Å². The maximum atomic E-state index is 12.5. The molecule has 3 atom stereocenters. The van der Waals surface area contributed by atoms with Gasteiger partial charge in [-0.2, -0.15) is 0 Å². The number of nitrogens with one attached hydrogen (secondary N) is 3. The average Bonchev–Trinajstić information content (AvgIpc) is 3.50. The number of epoxide rings is 1. The van der Waals surface area contributed by atoms with Crippen molar-refractivity contribution in [2.24, 2.45) is 0 Å². The number of carbonyl (C=O) groups is 4. The fraction of sp³-hybridized carbons (Fsp3) is 0.545. The highest BCUT2D eigenvalue weighted by Crippen LogP contribution is 2.22. The van der Waals surface area contributed by atoms with Crippen molar-refractivity contribution < 1.29 is 28.7 Å². The molecule has 0 aliphatic carbocycles. The number of amides is 4. The Balaban J connectivity index is 1.79. The van der Waals surface area contributed by atoms with E-state index >= 15 is 0 Å². The minimum Gasteiger partial charge on any atom is -0.444 e. The zero-order valence-electron chi connectivity index (χ0n) is 19.1. The molecule has 3 N–H and O–H groups in total. The Labute approximate surface area is 188 Å². The lowest BCUT2D eigenvalue weighted by Crippen LogP contribution is -2.49. The van der Waals surface area contributed by atoms with Crippen LogP contribution in [0.2, 0.25) is 0 Å². The van der Waals surface area contributed by atoms with Crippen molar-refractivity contribution in [1.29, 1.82) is 0 Å². The van der Waals surface area contributed by atoms with Crippen LogP contribution < -0.4 is 16.0 Å². The Morgan fingerprint density at radius 3 is 2.19 bits per heavy atom. The molecular weight excluding hydrogens is 416 g/mol. The lowest BCUT2D eigenvalue weighted by molar-refractivity contribution is -0.134. The Kier molecular flexibility index (Phi) is 8.59. The van der Waals surface area contributed by atoms with Gasteiger partial charge in [0.2, 0.25) is 5.91 Å². The second kappa shape index (κ2) is 10.9. The number of likely N-dealkylation sites (N-methyl/N-ethyl adjacent to an activating group) is 1. The van der Waals surface area contributed by atoms with Gasteiger partial charge in [0, 0.05) is 33.6 Å². The van der Waals surface area contributed by atoms with E-state index in [1.165, 1.54) is 4.90 Å². The van der Waals surface area contributed by atoms with Gasteiger partial charge < -0.3 is 30.3 Å². The van der Waals surface area contributed by atoms with Gasteiger partial charge in [-0.25, -0.2) is 4.79 Å². The monoisotopic (exact) mass is 448 g/mol. The first kappa shape index (κ1) is 25.1. The molecule has 1 saturated heterocycles. The van der Waals surface area contributed by atoms with E-state index in [0.29, 0.717) is 6.42 Å². The van der Waals surface area contributed by atoms with Crippen molar-refractivity contribution in [2.75, 3.05) is 27.2 Å². The zero-order chi connectivity index (χ0) is 23.9. The molecular formula is C22H32N4O6. The molecule has 10 heteroatoms. The highest BCUT2D eigenvalue weighted by molar-refractivity contribution is 5.97. The van der Waals surface area contributed by atoms with E-state index in [1.807, 2.05) is 30.3 Å². The van der Waals surface area contributed by atoms with Crippen LogP contribution >= 0.6 is 0 Å². The van der Waals surface area contributed by atoms with Crippen LogP contribution in [0.5, 0.6) is 0 Å². The predicted molar refractivity (Wildman–Crippen MR) is 117 cm³/mol. The Morgan fingerprint density at radius 2 is 1.59 bits per heavy atom. The molecule has 32 heavy (non-hydrogen) atoms. The summed E-state index contributed by atoms with van der Waals surface area (Å²) >= 11 is 0. The second-order valence-corrected chi connectivity index (χ2v) is 8.68. The summed E-state index contributed by atoms with van der Waals surface area (Å²) < 4.78 is 10.3.